The van der Waals surface area contributed by atoms with Crippen LogP contribution in [0.25, 0.3) is 11.1 Å². The monoisotopic (exact) mass is 245 g/mol. The Balaban J connectivity index is 2.69. The fourth-order valence-corrected chi connectivity index (χ4v) is 2.25. The molecule has 0 bridgehead atoms. The van der Waals surface area contributed by atoms with E-state index >= 15 is 0 Å². The van der Waals surface area contributed by atoms with Crippen molar-refractivity contribution < 1.29 is 0 Å². The van der Waals surface area contributed by atoms with E-state index in [1.807, 2.05) is 25.1 Å². The van der Waals surface area contributed by atoms with Crippen LogP contribution in [0.4, 0.5) is 5.69 Å². The van der Waals surface area contributed by atoms with E-state index in [-0.39, 0.29) is 0 Å². The van der Waals surface area contributed by atoms with E-state index in [0.29, 0.717) is 0 Å². The van der Waals surface area contributed by atoms with Crippen molar-refractivity contribution in [1.29, 1.82) is 0 Å². The van der Waals surface area contributed by atoms with Gasteiger partial charge in [-0.1, -0.05) is 23.7 Å². The number of rotatable bonds is 1. The number of hydrogen-bond acceptors (Lipinski definition) is 1. The molecule has 0 unspecified atom stereocenters. The molecule has 0 fully saturated rings. The molecule has 2 rings (SSSR count). The van der Waals surface area contributed by atoms with Crippen LogP contribution in [0, 0.1) is 20.8 Å². The van der Waals surface area contributed by atoms with Crippen molar-refractivity contribution in [2.45, 2.75) is 20.8 Å². The summed E-state index contributed by atoms with van der Waals surface area (Å²) in [7, 11) is 0. The van der Waals surface area contributed by atoms with Crippen LogP contribution in [-0.4, -0.2) is 0 Å². The summed E-state index contributed by atoms with van der Waals surface area (Å²) in [5, 5.41) is 0.779. The molecule has 0 heterocycles. The third kappa shape index (κ3) is 2.16. The Labute approximate surface area is 107 Å². The van der Waals surface area contributed by atoms with E-state index in [4.69, 9.17) is 17.3 Å². The highest BCUT2D eigenvalue weighted by Crippen LogP contribution is 2.34. The third-order valence-electron chi connectivity index (χ3n) is 3.25. The van der Waals surface area contributed by atoms with Crippen LogP contribution in [0.15, 0.2) is 30.3 Å². The lowest BCUT2D eigenvalue weighted by Crippen LogP contribution is -1.93. The number of halogens is 1. The second kappa shape index (κ2) is 4.42. The number of aryl methyl sites for hydroxylation is 2. The Hall–Kier alpha value is -1.47. The summed E-state index contributed by atoms with van der Waals surface area (Å²) in [5.41, 5.74) is 12.4. The highest BCUT2D eigenvalue weighted by molar-refractivity contribution is 6.33. The minimum Gasteiger partial charge on any atom is -0.398 e. The molecule has 88 valence electrons. The van der Waals surface area contributed by atoms with Gasteiger partial charge in [0.25, 0.3) is 0 Å². The van der Waals surface area contributed by atoms with E-state index in [0.717, 1.165) is 27.4 Å². The first kappa shape index (κ1) is 12.0. The zero-order chi connectivity index (χ0) is 12.6. The number of anilines is 1. The molecule has 17 heavy (non-hydrogen) atoms. The van der Waals surface area contributed by atoms with Gasteiger partial charge >= 0.3 is 0 Å². The smallest absolute Gasteiger partial charge is 0.0487 e. The lowest BCUT2D eigenvalue weighted by Gasteiger charge is -2.12. The first-order chi connectivity index (χ1) is 8.00. The first-order valence-electron chi connectivity index (χ1n) is 5.63. The van der Waals surface area contributed by atoms with Crippen LogP contribution in [-0.2, 0) is 0 Å². The Morgan fingerprint density at radius 3 is 2.29 bits per heavy atom. The maximum absolute atomic E-state index is 6.32. The molecule has 0 aliphatic heterocycles. The Kier molecular flexibility index (Phi) is 3.12. The van der Waals surface area contributed by atoms with E-state index in [1.54, 1.807) is 0 Å². The molecule has 0 saturated carbocycles. The first-order valence-corrected chi connectivity index (χ1v) is 6.00. The molecule has 0 aliphatic rings. The maximum atomic E-state index is 6.32. The number of benzene rings is 2. The highest BCUT2D eigenvalue weighted by atomic mass is 35.5. The summed E-state index contributed by atoms with van der Waals surface area (Å²) >= 11 is 6.32. The molecule has 2 N–H and O–H groups in total. The molecule has 0 aromatic heterocycles. The zero-order valence-electron chi connectivity index (χ0n) is 10.3. The lowest BCUT2D eigenvalue weighted by atomic mass is 9.96. The molecular weight excluding hydrogens is 230 g/mol. The van der Waals surface area contributed by atoms with E-state index in [9.17, 15) is 0 Å². The highest BCUT2D eigenvalue weighted by Gasteiger charge is 2.09. The lowest BCUT2D eigenvalue weighted by molar-refractivity contribution is 1.33. The van der Waals surface area contributed by atoms with E-state index in [2.05, 4.69) is 26.0 Å². The van der Waals surface area contributed by atoms with Crippen LogP contribution in [0.3, 0.4) is 0 Å². The normalized spacial score (nSPS) is 10.6. The average Bonchev–Trinajstić information content (AvgIpc) is 2.28. The molecule has 2 aromatic carbocycles. The van der Waals surface area contributed by atoms with Crippen LogP contribution < -0.4 is 5.73 Å². The Morgan fingerprint density at radius 2 is 1.59 bits per heavy atom. The third-order valence-corrected chi connectivity index (χ3v) is 3.56. The number of hydrogen-bond donors (Lipinski definition) is 1. The summed E-state index contributed by atoms with van der Waals surface area (Å²) in [5.74, 6) is 0. The summed E-state index contributed by atoms with van der Waals surface area (Å²) in [6.07, 6.45) is 0. The van der Waals surface area contributed by atoms with Gasteiger partial charge in [-0.2, -0.15) is 0 Å². The van der Waals surface area contributed by atoms with Crippen molar-refractivity contribution >= 4 is 17.3 Å². The molecule has 0 spiro atoms. The molecule has 0 radical (unpaired) electrons. The second-order valence-electron chi connectivity index (χ2n) is 4.44. The summed E-state index contributed by atoms with van der Waals surface area (Å²) in [6.45, 7) is 6.18. The summed E-state index contributed by atoms with van der Waals surface area (Å²) in [6, 6.07) is 10.1. The Bertz CT molecular complexity index is 573. The largest absolute Gasteiger partial charge is 0.398 e. The van der Waals surface area contributed by atoms with Crippen molar-refractivity contribution in [1.82, 2.24) is 0 Å². The van der Waals surface area contributed by atoms with Gasteiger partial charge in [0.1, 0.15) is 0 Å². The SMILES string of the molecule is Cc1cc(Cl)c(-c2cccc(N)c2C)cc1C. The number of nitrogens with two attached hydrogens (primary N) is 1. The predicted octanol–water partition coefficient (Wildman–Crippen LogP) is 4.51. The molecule has 2 aromatic rings. The molecule has 0 aliphatic carbocycles. The summed E-state index contributed by atoms with van der Waals surface area (Å²) in [4.78, 5) is 0. The average molecular weight is 246 g/mol. The molecule has 0 amide bonds. The van der Waals surface area contributed by atoms with Gasteiger partial charge in [0, 0.05) is 16.3 Å². The van der Waals surface area contributed by atoms with Crippen molar-refractivity contribution in [3.8, 4) is 11.1 Å². The van der Waals surface area contributed by atoms with Crippen molar-refractivity contribution in [3.63, 3.8) is 0 Å². The van der Waals surface area contributed by atoms with Gasteiger partial charge in [-0.25, -0.2) is 0 Å². The Morgan fingerprint density at radius 1 is 0.941 bits per heavy atom. The van der Waals surface area contributed by atoms with Gasteiger partial charge in [-0.05, 0) is 61.2 Å². The molecular formula is C15H16ClN. The minimum atomic E-state index is 0.779. The van der Waals surface area contributed by atoms with Gasteiger partial charge in [0.2, 0.25) is 0 Å². The van der Waals surface area contributed by atoms with Gasteiger partial charge in [-0.3, -0.25) is 0 Å². The van der Waals surface area contributed by atoms with E-state index in [1.165, 1.54) is 11.1 Å². The van der Waals surface area contributed by atoms with Crippen LogP contribution in [0.2, 0.25) is 5.02 Å². The van der Waals surface area contributed by atoms with Crippen molar-refractivity contribution in [2.24, 2.45) is 0 Å². The van der Waals surface area contributed by atoms with E-state index < -0.39 is 0 Å². The van der Waals surface area contributed by atoms with Crippen molar-refractivity contribution in [2.75, 3.05) is 5.73 Å². The maximum Gasteiger partial charge on any atom is 0.0487 e. The molecule has 0 atom stereocenters. The quantitative estimate of drug-likeness (QED) is 0.735. The fourth-order valence-electron chi connectivity index (χ4n) is 1.93. The van der Waals surface area contributed by atoms with Gasteiger partial charge in [0.05, 0.1) is 0 Å². The number of nitrogen functional groups attached to an aromatic ring is 1. The zero-order valence-corrected chi connectivity index (χ0v) is 11.1. The van der Waals surface area contributed by atoms with Gasteiger partial charge < -0.3 is 5.73 Å². The standard InChI is InChI=1S/C15H16ClN/c1-9-7-13(14(16)8-10(9)2)12-5-4-6-15(17)11(12)3/h4-8H,17H2,1-3H3. The van der Waals surface area contributed by atoms with Crippen LogP contribution in [0.1, 0.15) is 16.7 Å². The fraction of sp³-hybridized carbons (Fsp3) is 0.200. The van der Waals surface area contributed by atoms with Gasteiger partial charge in [0.15, 0.2) is 0 Å². The topological polar surface area (TPSA) is 26.0 Å². The minimum absolute atomic E-state index is 0.779. The molecule has 2 heteroatoms. The van der Waals surface area contributed by atoms with Crippen LogP contribution in [0.5, 0.6) is 0 Å². The summed E-state index contributed by atoms with van der Waals surface area (Å²) < 4.78 is 0. The van der Waals surface area contributed by atoms with Gasteiger partial charge in [-0.15, -0.1) is 0 Å². The molecule has 0 saturated heterocycles. The predicted molar refractivity (Wildman–Crippen MR) is 75.5 cm³/mol. The molecule has 1 nitrogen and oxygen atoms in total. The second-order valence-corrected chi connectivity index (χ2v) is 4.84. The van der Waals surface area contributed by atoms with Crippen LogP contribution >= 0.6 is 11.6 Å². The van der Waals surface area contributed by atoms with Crippen molar-refractivity contribution in [3.05, 3.63) is 52.0 Å².